The second kappa shape index (κ2) is 13.9. The van der Waals surface area contributed by atoms with Crippen molar-refractivity contribution in [2.75, 3.05) is 0 Å². The number of rotatable bonds is 5. The van der Waals surface area contributed by atoms with Crippen LogP contribution in [0.4, 0.5) is 0 Å². The molecule has 13 rings (SSSR count). The highest BCUT2D eigenvalue weighted by Crippen LogP contribution is 2.53. The first-order valence-electron chi connectivity index (χ1n) is 22.0. The molecule has 0 amide bonds. The van der Waals surface area contributed by atoms with Crippen LogP contribution in [0.5, 0.6) is 0 Å². The normalized spacial score (nSPS) is 13.0. The average molecular weight is 817 g/mol. The molecule has 12 aromatic rings. The first-order chi connectivity index (χ1) is 31.4. The van der Waals surface area contributed by atoms with Crippen LogP contribution in [-0.2, 0) is 5.41 Å². The Labute approximate surface area is 371 Å². The Morgan fingerprint density at radius 1 is 0.359 bits per heavy atom. The van der Waals surface area contributed by atoms with E-state index in [9.17, 15) is 0 Å². The van der Waals surface area contributed by atoms with Crippen molar-refractivity contribution in [1.82, 2.24) is 9.97 Å². The fourth-order valence-electron chi connectivity index (χ4n) is 10.4. The molecule has 1 aliphatic rings. The standard InChI is InChI=1S/C61H40N2O/c1-61(2)51-23-11-22-49(57(51)50-34-40-16-6-7-17-41(40)35-52(50)61)54-36-53(62-60(63-54)38-14-4-3-5-15-38)46-28-27-43-31-42(25-26-44(43)33-46)39-18-10-19-45(32-39)48-21-12-24-55-59(48)58-47-20-9-8-13-37(47)29-30-56(58)64-55/h3-36H,1-2H3. The molecular formula is C61H40N2O. The van der Waals surface area contributed by atoms with Crippen LogP contribution < -0.4 is 0 Å². The van der Waals surface area contributed by atoms with Crippen molar-refractivity contribution in [3.05, 3.63) is 217 Å². The minimum absolute atomic E-state index is 0.153. The lowest BCUT2D eigenvalue weighted by Gasteiger charge is -2.22. The van der Waals surface area contributed by atoms with Crippen molar-refractivity contribution >= 4 is 54.3 Å². The Bertz CT molecular complexity index is 3880. The van der Waals surface area contributed by atoms with Crippen LogP contribution in [0.3, 0.4) is 0 Å². The van der Waals surface area contributed by atoms with Crippen molar-refractivity contribution < 1.29 is 4.42 Å². The van der Waals surface area contributed by atoms with Gasteiger partial charge in [-0.2, -0.15) is 0 Å². The van der Waals surface area contributed by atoms with Crippen molar-refractivity contribution in [1.29, 1.82) is 0 Å². The molecule has 0 aliphatic heterocycles. The molecule has 0 N–H and O–H groups in total. The number of furan rings is 1. The first-order valence-corrected chi connectivity index (χ1v) is 22.0. The molecule has 0 saturated heterocycles. The maximum atomic E-state index is 6.43. The lowest BCUT2D eigenvalue weighted by Crippen LogP contribution is -2.14. The lowest BCUT2D eigenvalue weighted by molar-refractivity contribution is 0.661. The molecule has 2 aromatic heterocycles. The molecule has 0 spiro atoms. The molecule has 0 atom stereocenters. The minimum atomic E-state index is -0.153. The van der Waals surface area contributed by atoms with Crippen LogP contribution in [-0.4, -0.2) is 9.97 Å². The Kier molecular flexibility index (Phi) is 7.95. The van der Waals surface area contributed by atoms with E-state index in [-0.39, 0.29) is 5.41 Å². The minimum Gasteiger partial charge on any atom is -0.456 e. The average Bonchev–Trinajstić information content (AvgIpc) is 3.85. The molecular weight excluding hydrogens is 777 g/mol. The summed E-state index contributed by atoms with van der Waals surface area (Å²) < 4.78 is 6.43. The topological polar surface area (TPSA) is 38.9 Å². The molecule has 3 heteroatoms. The van der Waals surface area contributed by atoms with Crippen molar-refractivity contribution in [2.24, 2.45) is 0 Å². The predicted molar refractivity (Wildman–Crippen MR) is 267 cm³/mol. The summed E-state index contributed by atoms with van der Waals surface area (Å²) in [5.74, 6) is 0.712. The third kappa shape index (κ3) is 5.67. The number of hydrogen-bond donors (Lipinski definition) is 0. The number of hydrogen-bond acceptors (Lipinski definition) is 3. The molecule has 0 unspecified atom stereocenters. The van der Waals surface area contributed by atoms with E-state index in [0.717, 1.165) is 61.0 Å². The van der Waals surface area contributed by atoms with E-state index < -0.39 is 0 Å². The van der Waals surface area contributed by atoms with E-state index in [0.29, 0.717) is 5.82 Å². The molecule has 64 heavy (non-hydrogen) atoms. The van der Waals surface area contributed by atoms with Crippen molar-refractivity contribution in [3.63, 3.8) is 0 Å². The zero-order chi connectivity index (χ0) is 42.5. The summed E-state index contributed by atoms with van der Waals surface area (Å²) in [5, 5.41) is 9.57. The summed E-state index contributed by atoms with van der Waals surface area (Å²) in [6, 6.07) is 74.3. The zero-order valence-corrected chi connectivity index (χ0v) is 35.4. The molecule has 0 radical (unpaired) electrons. The number of benzene rings is 10. The Morgan fingerprint density at radius 2 is 0.969 bits per heavy atom. The maximum Gasteiger partial charge on any atom is 0.160 e. The van der Waals surface area contributed by atoms with Gasteiger partial charge in [-0.3, -0.25) is 0 Å². The summed E-state index contributed by atoms with van der Waals surface area (Å²) in [5.41, 5.74) is 16.5. The fourth-order valence-corrected chi connectivity index (χ4v) is 10.4. The van der Waals surface area contributed by atoms with Gasteiger partial charge >= 0.3 is 0 Å². The largest absolute Gasteiger partial charge is 0.456 e. The van der Waals surface area contributed by atoms with Crippen LogP contribution in [0.15, 0.2) is 211 Å². The maximum absolute atomic E-state index is 6.43. The fraction of sp³-hybridized carbons (Fsp3) is 0.0492. The number of fused-ring (bicyclic) bond motifs is 10. The third-order valence-electron chi connectivity index (χ3n) is 13.6. The Balaban J connectivity index is 0.908. The van der Waals surface area contributed by atoms with Crippen LogP contribution in [0.1, 0.15) is 25.0 Å². The molecule has 3 nitrogen and oxygen atoms in total. The summed E-state index contributed by atoms with van der Waals surface area (Å²) in [6.07, 6.45) is 0. The van der Waals surface area contributed by atoms with E-state index >= 15 is 0 Å². The van der Waals surface area contributed by atoms with Gasteiger partial charge in [-0.15, -0.1) is 0 Å². The van der Waals surface area contributed by atoms with E-state index in [2.05, 4.69) is 214 Å². The molecule has 2 heterocycles. The highest BCUT2D eigenvalue weighted by atomic mass is 16.3. The van der Waals surface area contributed by atoms with Crippen LogP contribution in [0.2, 0.25) is 0 Å². The molecule has 0 saturated carbocycles. The van der Waals surface area contributed by atoms with Gasteiger partial charge in [0.05, 0.1) is 11.4 Å². The highest BCUT2D eigenvalue weighted by Gasteiger charge is 2.37. The Hall–Kier alpha value is -8.14. The van der Waals surface area contributed by atoms with Gasteiger partial charge in [-0.1, -0.05) is 172 Å². The summed E-state index contributed by atoms with van der Waals surface area (Å²) in [7, 11) is 0. The smallest absolute Gasteiger partial charge is 0.160 e. The molecule has 0 bridgehead atoms. The van der Waals surface area contributed by atoms with Crippen LogP contribution >= 0.6 is 0 Å². The van der Waals surface area contributed by atoms with Gasteiger partial charge in [0.15, 0.2) is 5.82 Å². The quantitative estimate of drug-likeness (QED) is 0.174. The molecule has 10 aromatic carbocycles. The Morgan fingerprint density at radius 3 is 1.83 bits per heavy atom. The number of nitrogens with zero attached hydrogens (tertiary/aromatic N) is 2. The summed E-state index contributed by atoms with van der Waals surface area (Å²) >= 11 is 0. The first kappa shape index (κ1) is 36.5. The van der Waals surface area contributed by atoms with Gasteiger partial charge in [-0.25, -0.2) is 9.97 Å². The number of aromatic nitrogens is 2. The summed E-state index contributed by atoms with van der Waals surface area (Å²) in [6.45, 7) is 4.69. The van der Waals surface area contributed by atoms with Crippen LogP contribution in [0, 0.1) is 0 Å². The second-order valence-corrected chi connectivity index (χ2v) is 17.7. The lowest BCUT2D eigenvalue weighted by atomic mass is 9.81. The van der Waals surface area contributed by atoms with Gasteiger partial charge < -0.3 is 4.42 Å². The predicted octanol–water partition coefficient (Wildman–Crippen LogP) is 16.5. The highest BCUT2D eigenvalue weighted by molar-refractivity contribution is 6.22. The van der Waals surface area contributed by atoms with E-state index in [1.54, 1.807) is 0 Å². The van der Waals surface area contributed by atoms with Crippen LogP contribution in [0.25, 0.3) is 122 Å². The van der Waals surface area contributed by atoms with Gasteiger partial charge in [-0.05, 0) is 125 Å². The second-order valence-electron chi connectivity index (χ2n) is 17.7. The van der Waals surface area contributed by atoms with Crippen molar-refractivity contribution in [3.8, 4) is 67.3 Å². The van der Waals surface area contributed by atoms with Gasteiger partial charge in [0.2, 0.25) is 0 Å². The van der Waals surface area contributed by atoms with E-state index in [4.69, 9.17) is 14.4 Å². The van der Waals surface area contributed by atoms with Gasteiger partial charge in [0.1, 0.15) is 11.2 Å². The van der Waals surface area contributed by atoms with Gasteiger partial charge in [0, 0.05) is 32.9 Å². The monoisotopic (exact) mass is 816 g/mol. The van der Waals surface area contributed by atoms with E-state index in [1.807, 2.05) is 6.07 Å². The van der Waals surface area contributed by atoms with Gasteiger partial charge in [0.25, 0.3) is 0 Å². The zero-order valence-electron chi connectivity index (χ0n) is 35.4. The van der Waals surface area contributed by atoms with E-state index in [1.165, 1.54) is 65.9 Å². The third-order valence-corrected chi connectivity index (χ3v) is 13.6. The molecule has 0 fully saturated rings. The SMILES string of the molecule is CC1(C)c2cc3ccccc3cc2-c2c(-c3cc(-c4ccc5cc(-c6cccc(-c7cccc8oc9ccc%10ccccc%10c9c78)c6)ccc5c4)nc(-c4ccccc4)n3)cccc21. The van der Waals surface area contributed by atoms with Crippen molar-refractivity contribution in [2.45, 2.75) is 19.3 Å². The molecule has 300 valence electrons. The summed E-state index contributed by atoms with van der Waals surface area (Å²) in [4.78, 5) is 10.6. The molecule has 1 aliphatic carbocycles.